The van der Waals surface area contributed by atoms with Gasteiger partial charge in [0.1, 0.15) is 0 Å². The van der Waals surface area contributed by atoms with Crippen molar-refractivity contribution in [1.29, 1.82) is 0 Å². The van der Waals surface area contributed by atoms with E-state index >= 15 is 0 Å². The van der Waals surface area contributed by atoms with Crippen molar-refractivity contribution in [3.05, 3.63) is 28.0 Å². The molecule has 1 rings (SSSR count). The lowest BCUT2D eigenvalue weighted by atomic mass is 10.2. The Morgan fingerprint density at radius 1 is 1.44 bits per heavy atom. The molecule has 1 aromatic heterocycles. The summed E-state index contributed by atoms with van der Waals surface area (Å²) in [5, 5.41) is 8.56. The first-order valence-corrected chi connectivity index (χ1v) is 7.11. The van der Waals surface area contributed by atoms with Crippen LogP contribution in [0.4, 0.5) is 0 Å². The molecule has 0 amide bonds. The third-order valence-electron chi connectivity index (χ3n) is 2.64. The molecule has 0 saturated carbocycles. The van der Waals surface area contributed by atoms with Gasteiger partial charge in [-0.25, -0.2) is 4.79 Å². The number of carboxylic acid groups (broad SMARTS) is 1. The van der Waals surface area contributed by atoms with Crippen molar-refractivity contribution in [2.45, 2.75) is 32.7 Å². The Hall–Kier alpha value is -1.13. The van der Waals surface area contributed by atoms with Gasteiger partial charge in [0.05, 0.1) is 0 Å². The van der Waals surface area contributed by atoms with Gasteiger partial charge in [0.15, 0.2) is 0 Å². The van der Waals surface area contributed by atoms with Crippen LogP contribution in [0.25, 0.3) is 6.08 Å². The van der Waals surface area contributed by atoms with Crippen LogP contribution in [-0.2, 0) is 11.3 Å². The minimum absolute atomic E-state index is 0.901. The molecule has 4 heteroatoms. The predicted octanol–water partition coefficient (Wildman–Crippen LogP) is 3.47. The summed E-state index contributed by atoms with van der Waals surface area (Å²) in [4.78, 5) is 15.0. The van der Waals surface area contributed by atoms with Crippen molar-refractivity contribution in [1.82, 2.24) is 4.90 Å². The first-order chi connectivity index (χ1) is 8.61. The molecule has 0 unspecified atom stereocenters. The highest BCUT2D eigenvalue weighted by Crippen LogP contribution is 2.19. The van der Waals surface area contributed by atoms with Gasteiger partial charge in [0.25, 0.3) is 0 Å². The third kappa shape index (κ3) is 5.98. The molecule has 0 aliphatic rings. The molecular weight excluding hydrogens is 246 g/mol. The minimum atomic E-state index is -0.901. The van der Waals surface area contributed by atoms with Crippen LogP contribution in [-0.4, -0.2) is 29.6 Å². The SMILES string of the molecule is CCCCCN(C)Cc1ccc(C=CC(=O)O)s1. The lowest BCUT2D eigenvalue weighted by Gasteiger charge is -2.14. The van der Waals surface area contributed by atoms with E-state index in [1.807, 2.05) is 6.07 Å². The van der Waals surface area contributed by atoms with Crippen LogP contribution in [0.3, 0.4) is 0 Å². The highest BCUT2D eigenvalue weighted by molar-refractivity contribution is 7.12. The van der Waals surface area contributed by atoms with Gasteiger partial charge < -0.3 is 10.0 Å². The van der Waals surface area contributed by atoms with Gasteiger partial charge in [-0.15, -0.1) is 11.3 Å². The number of unbranched alkanes of at least 4 members (excludes halogenated alkanes) is 2. The molecule has 0 aromatic carbocycles. The number of thiophene rings is 1. The summed E-state index contributed by atoms with van der Waals surface area (Å²) >= 11 is 1.65. The Morgan fingerprint density at radius 3 is 2.89 bits per heavy atom. The average molecular weight is 267 g/mol. The molecule has 0 radical (unpaired) electrons. The van der Waals surface area contributed by atoms with Gasteiger partial charge in [-0.05, 0) is 38.2 Å². The topological polar surface area (TPSA) is 40.5 Å². The molecule has 0 saturated heterocycles. The van der Waals surface area contributed by atoms with Crippen LogP contribution in [0.15, 0.2) is 18.2 Å². The molecule has 0 fully saturated rings. The summed E-state index contributed by atoms with van der Waals surface area (Å²) < 4.78 is 0. The van der Waals surface area contributed by atoms with Crippen LogP contribution in [0.2, 0.25) is 0 Å². The van der Waals surface area contributed by atoms with Crippen molar-refractivity contribution >= 4 is 23.4 Å². The molecule has 0 spiro atoms. The van der Waals surface area contributed by atoms with E-state index in [0.717, 1.165) is 18.0 Å². The second-order valence-electron chi connectivity index (χ2n) is 4.42. The lowest BCUT2D eigenvalue weighted by Crippen LogP contribution is -2.18. The van der Waals surface area contributed by atoms with Crippen molar-refractivity contribution in [2.24, 2.45) is 0 Å². The Morgan fingerprint density at radius 2 is 2.22 bits per heavy atom. The van der Waals surface area contributed by atoms with Gasteiger partial charge in [-0.2, -0.15) is 0 Å². The van der Waals surface area contributed by atoms with Crippen molar-refractivity contribution < 1.29 is 9.90 Å². The number of hydrogen-bond acceptors (Lipinski definition) is 3. The molecule has 1 heterocycles. The van der Waals surface area contributed by atoms with Gasteiger partial charge >= 0.3 is 5.97 Å². The summed E-state index contributed by atoms with van der Waals surface area (Å²) in [5.74, 6) is -0.901. The number of aliphatic carboxylic acids is 1. The van der Waals surface area contributed by atoms with Gasteiger partial charge in [-0.1, -0.05) is 19.8 Å². The van der Waals surface area contributed by atoms with Gasteiger partial charge in [-0.3, -0.25) is 0 Å². The van der Waals surface area contributed by atoms with Gasteiger partial charge in [0.2, 0.25) is 0 Å². The molecule has 100 valence electrons. The number of carboxylic acids is 1. The van der Waals surface area contributed by atoms with E-state index in [9.17, 15) is 4.79 Å². The molecule has 18 heavy (non-hydrogen) atoms. The van der Waals surface area contributed by atoms with Crippen molar-refractivity contribution in [3.63, 3.8) is 0 Å². The number of nitrogens with zero attached hydrogens (tertiary/aromatic N) is 1. The smallest absolute Gasteiger partial charge is 0.328 e. The predicted molar refractivity (Wildman–Crippen MR) is 76.8 cm³/mol. The molecule has 1 N–H and O–H groups in total. The summed E-state index contributed by atoms with van der Waals surface area (Å²) in [5.41, 5.74) is 0. The molecule has 0 aliphatic carbocycles. The van der Waals surface area contributed by atoms with Crippen molar-refractivity contribution in [2.75, 3.05) is 13.6 Å². The fourth-order valence-corrected chi connectivity index (χ4v) is 2.70. The number of carbonyl (C=O) groups is 1. The third-order valence-corrected chi connectivity index (χ3v) is 3.68. The van der Waals surface area contributed by atoms with Crippen LogP contribution >= 0.6 is 11.3 Å². The fraction of sp³-hybridized carbons (Fsp3) is 0.500. The van der Waals surface area contributed by atoms with E-state index < -0.39 is 5.97 Å². The standard InChI is InChI=1S/C14H21NO2S/c1-3-4-5-10-15(2)11-13-7-6-12(18-13)8-9-14(16)17/h6-9H,3-5,10-11H2,1-2H3,(H,16,17). The molecule has 0 atom stereocenters. The fourth-order valence-electron chi connectivity index (χ4n) is 1.70. The summed E-state index contributed by atoms with van der Waals surface area (Å²) in [7, 11) is 2.13. The first-order valence-electron chi connectivity index (χ1n) is 6.30. The normalized spacial score (nSPS) is 11.5. The van der Waals surface area contributed by atoms with Crippen LogP contribution in [0.1, 0.15) is 35.9 Å². The number of rotatable bonds is 8. The molecule has 1 aromatic rings. The largest absolute Gasteiger partial charge is 0.478 e. The zero-order valence-corrected chi connectivity index (χ0v) is 11.9. The molecule has 3 nitrogen and oxygen atoms in total. The highest BCUT2D eigenvalue weighted by atomic mass is 32.1. The van der Waals surface area contributed by atoms with Gasteiger partial charge in [0, 0.05) is 22.4 Å². The molecule has 0 aliphatic heterocycles. The van der Waals surface area contributed by atoms with E-state index in [2.05, 4.69) is 24.9 Å². The maximum Gasteiger partial charge on any atom is 0.328 e. The van der Waals surface area contributed by atoms with Crippen molar-refractivity contribution in [3.8, 4) is 0 Å². The summed E-state index contributed by atoms with van der Waals surface area (Å²) in [6.07, 6.45) is 6.59. The van der Waals surface area contributed by atoms with Crippen LogP contribution in [0.5, 0.6) is 0 Å². The monoisotopic (exact) mass is 267 g/mol. The summed E-state index contributed by atoms with van der Waals surface area (Å²) in [6, 6.07) is 4.04. The second-order valence-corrected chi connectivity index (χ2v) is 5.62. The molecule has 0 bridgehead atoms. The van der Waals surface area contributed by atoms with E-state index in [1.54, 1.807) is 17.4 Å². The zero-order chi connectivity index (χ0) is 13.4. The first kappa shape index (κ1) is 14.9. The maximum absolute atomic E-state index is 10.4. The highest BCUT2D eigenvalue weighted by Gasteiger charge is 2.03. The van der Waals surface area contributed by atoms with Crippen LogP contribution in [0, 0.1) is 0 Å². The van der Waals surface area contributed by atoms with E-state index in [-0.39, 0.29) is 0 Å². The quantitative estimate of drug-likeness (QED) is 0.579. The van der Waals surface area contributed by atoms with E-state index in [1.165, 1.54) is 30.2 Å². The second kappa shape index (κ2) is 8.06. The van der Waals surface area contributed by atoms with E-state index in [0.29, 0.717) is 0 Å². The maximum atomic E-state index is 10.4. The minimum Gasteiger partial charge on any atom is -0.478 e. The Labute approximate surface area is 113 Å². The number of hydrogen-bond donors (Lipinski definition) is 1. The van der Waals surface area contributed by atoms with E-state index in [4.69, 9.17) is 5.11 Å². The van der Waals surface area contributed by atoms with Crippen LogP contribution < -0.4 is 0 Å². The Balaban J connectivity index is 2.41. The average Bonchev–Trinajstić information content (AvgIpc) is 2.74. The Kier molecular flexibility index (Phi) is 6.68. The summed E-state index contributed by atoms with van der Waals surface area (Å²) in [6.45, 7) is 4.27. The zero-order valence-electron chi connectivity index (χ0n) is 11.1. The molecular formula is C14H21NO2S. The Bertz CT molecular complexity index is 398. The lowest BCUT2D eigenvalue weighted by molar-refractivity contribution is -0.131.